The van der Waals surface area contributed by atoms with Crippen LogP contribution >= 0.6 is 0 Å². The fraction of sp³-hybridized carbons (Fsp3) is 0.917. The molecule has 0 aromatic heterocycles. The first-order valence-electron chi connectivity index (χ1n) is 5.95. The molecule has 1 rings (SSSR count). The Balaban J connectivity index is 2.56. The summed E-state index contributed by atoms with van der Waals surface area (Å²) in [6.45, 7) is 6.33. The van der Waals surface area contributed by atoms with E-state index in [9.17, 15) is 4.79 Å². The molecule has 16 heavy (non-hydrogen) atoms. The summed E-state index contributed by atoms with van der Waals surface area (Å²) in [5.41, 5.74) is -0.644. The van der Waals surface area contributed by atoms with E-state index in [0.29, 0.717) is 12.6 Å². The molecule has 4 nitrogen and oxygen atoms in total. The molecule has 1 fully saturated rings. The average molecular weight is 228 g/mol. The highest BCUT2D eigenvalue weighted by Gasteiger charge is 2.34. The number of carboxylic acids is 1. The largest absolute Gasteiger partial charge is 0.481 e. The van der Waals surface area contributed by atoms with E-state index in [2.05, 4.69) is 23.9 Å². The van der Waals surface area contributed by atoms with Gasteiger partial charge in [0, 0.05) is 19.1 Å². The third-order valence-electron chi connectivity index (χ3n) is 3.25. The zero-order chi connectivity index (χ0) is 12.3. The topological polar surface area (TPSA) is 43.8 Å². The summed E-state index contributed by atoms with van der Waals surface area (Å²) < 4.78 is 0. The molecule has 1 atom stereocenters. The monoisotopic (exact) mass is 228 g/mol. The van der Waals surface area contributed by atoms with Gasteiger partial charge in [-0.15, -0.1) is 0 Å². The fourth-order valence-electron chi connectivity index (χ4n) is 2.31. The van der Waals surface area contributed by atoms with Crippen LogP contribution in [0.25, 0.3) is 0 Å². The molecule has 0 radical (unpaired) electrons. The number of nitrogens with zero attached hydrogens (tertiary/aromatic N) is 2. The zero-order valence-corrected chi connectivity index (χ0v) is 10.9. The predicted octanol–water partition coefficient (Wildman–Crippen LogP) is 1.12. The van der Waals surface area contributed by atoms with Gasteiger partial charge in [-0.05, 0) is 47.3 Å². The molecule has 0 spiro atoms. The molecule has 1 aliphatic heterocycles. The van der Waals surface area contributed by atoms with Crippen LogP contribution in [-0.4, -0.2) is 60.6 Å². The summed E-state index contributed by atoms with van der Waals surface area (Å²) in [6, 6.07) is 0.522. The van der Waals surface area contributed by atoms with Crippen molar-refractivity contribution in [2.75, 3.05) is 33.7 Å². The van der Waals surface area contributed by atoms with Gasteiger partial charge in [0.15, 0.2) is 0 Å². The smallest absolute Gasteiger partial charge is 0.310 e. The summed E-state index contributed by atoms with van der Waals surface area (Å²) in [5.74, 6) is -0.706. The van der Waals surface area contributed by atoms with E-state index in [1.54, 1.807) is 13.8 Å². The highest BCUT2D eigenvalue weighted by molar-refractivity contribution is 5.73. The van der Waals surface area contributed by atoms with E-state index in [1.165, 1.54) is 12.8 Å². The molecule has 0 saturated carbocycles. The van der Waals surface area contributed by atoms with Gasteiger partial charge in [-0.1, -0.05) is 0 Å². The van der Waals surface area contributed by atoms with Crippen LogP contribution in [0.2, 0.25) is 0 Å². The van der Waals surface area contributed by atoms with Crippen molar-refractivity contribution in [2.45, 2.75) is 32.7 Å². The number of rotatable bonds is 5. The molecule has 1 unspecified atom stereocenters. The van der Waals surface area contributed by atoms with E-state index in [-0.39, 0.29) is 0 Å². The lowest BCUT2D eigenvalue weighted by atomic mass is 9.93. The first kappa shape index (κ1) is 13.5. The predicted molar refractivity (Wildman–Crippen MR) is 64.6 cm³/mol. The van der Waals surface area contributed by atoms with Gasteiger partial charge in [-0.3, -0.25) is 9.69 Å². The van der Waals surface area contributed by atoms with Gasteiger partial charge in [0.1, 0.15) is 0 Å². The second kappa shape index (κ2) is 5.15. The number of carbonyl (C=O) groups is 1. The maximum absolute atomic E-state index is 11.1. The summed E-state index contributed by atoms with van der Waals surface area (Å²) in [6.07, 6.45) is 2.38. The second-order valence-electron chi connectivity index (χ2n) is 5.72. The van der Waals surface area contributed by atoms with E-state index in [4.69, 9.17) is 5.11 Å². The minimum absolute atomic E-state index is 0.522. The highest BCUT2D eigenvalue weighted by atomic mass is 16.4. The van der Waals surface area contributed by atoms with Crippen LogP contribution in [-0.2, 0) is 4.79 Å². The van der Waals surface area contributed by atoms with Gasteiger partial charge in [0.05, 0.1) is 5.41 Å². The Morgan fingerprint density at radius 2 is 2.12 bits per heavy atom. The Bertz CT molecular complexity index is 251. The average Bonchev–Trinajstić information content (AvgIpc) is 2.50. The zero-order valence-electron chi connectivity index (χ0n) is 10.9. The van der Waals surface area contributed by atoms with Crippen LogP contribution in [0.3, 0.4) is 0 Å². The second-order valence-corrected chi connectivity index (χ2v) is 5.72. The van der Waals surface area contributed by atoms with Crippen molar-refractivity contribution in [3.63, 3.8) is 0 Å². The van der Waals surface area contributed by atoms with E-state index >= 15 is 0 Å². The van der Waals surface area contributed by atoms with Crippen LogP contribution in [0.5, 0.6) is 0 Å². The summed E-state index contributed by atoms with van der Waals surface area (Å²) in [7, 11) is 4.14. The first-order valence-corrected chi connectivity index (χ1v) is 5.95. The molecule has 0 aromatic rings. The summed E-state index contributed by atoms with van der Waals surface area (Å²) in [5, 5.41) is 9.13. The quantitative estimate of drug-likeness (QED) is 0.766. The molecular formula is C12H24N2O2. The third kappa shape index (κ3) is 3.46. The van der Waals surface area contributed by atoms with Gasteiger partial charge in [-0.25, -0.2) is 0 Å². The van der Waals surface area contributed by atoms with Crippen LogP contribution < -0.4 is 0 Å². The number of hydrogen-bond donors (Lipinski definition) is 1. The minimum Gasteiger partial charge on any atom is -0.481 e. The number of carboxylic acid groups (broad SMARTS) is 1. The van der Waals surface area contributed by atoms with Crippen LogP contribution in [0.15, 0.2) is 0 Å². The Kier molecular flexibility index (Phi) is 4.33. The van der Waals surface area contributed by atoms with Crippen LogP contribution in [0.1, 0.15) is 26.7 Å². The number of aliphatic carboxylic acids is 1. The molecule has 0 amide bonds. The lowest BCUT2D eigenvalue weighted by Gasteiger charge is -2.32. The van der Waals surface area contributed by atoms with Crippen molar-refractivity contribution in [1.29, 1.82) is 0 Å². The highest BCUT2D eigenvalue weighted by Crippen LogP contribution is 2.24. The van der Waals surface area contributed by atoms with E-state index < -0.39 is 11.4 Å². The fourth-order valence-corrected chi connectivity index (χ4v) is 2.31. The molecule has 0 aromatic carbocycles. The Morgan fingerprint density at radius 1 is 1.50 bits per heavy atom. The van der Waals surface area contributed by atoms with Gasteiger partial charge in [0.2, 0.25) is 0 Å². The first-order chi connectivity index (χ1) is 7.33. The summed E-state index contributed by atoms with van der Waals surface area (Å²) in [4.78, 5) is 15.6. The third-order valence-corrected chi connectivity index (χ3v) is 3.25. The molecule has 1 N–H and O–H groups in total. The maximum Gasteiger partial charge on any atom is 0.310 e. The van der Waals surface area contributed by atoms with E-state index in [1.807, 2.05) is 0 Å². The van der Waals surface area contributed by atoms with Crippen molar-refractivity contribution in [2.24, 2.45) is 5.41 Å². The van der Waals surface area contributed by atoms with Gasteiger partial charge in [0.25, 0.3) is 0 Å². The molecule has 1 saturated heterocycles. The SMILES string of the molecule is CN(C)CC1CCCN1CC(C)(C)C(=O)O. The Labute approximate surface area is 98.2 Å². The van der Waals surface area contributed by atoms with Crippen molar-refractivity contribution >= 4 is 5.97 Å². The van der Waals surface area contributed by atoms with Gasteiger partial charge >= 0.3 is 5.97 Å². The molecular weight excluding hydrogens is 204 g/mol. The standard InChI is InChI=1S/C12H24N2O2/c1-12(2,11(15)16)9-14-7-5-6-10(14)8-13(3)4/h10H,5-9H2,1-4H3,(H,15,16). The number of likely N-dealkylation sites (tertiary alicyclic amines) is 1. The Hall–Kier alpha value is -0.610. The summed E-state index contributed by atoms with van der Waals surface area (Å²) >= 11 is 0. The van der Waals surface area contributed by atoms with Gasteiger partial charge < -0.3 is 10.0 Å². The van der Waals surface area contributed by atoms with Crippen molar-refractivity contribution in [3.05, 3.63) is 0 Å². The minimum atomic E-state index is -0.706. The lowest BCUT2D eigenvalue weighted by molar-refractivity contribution is -0.148. The normalized spacial score (nSPS) is 22.9. The molecule has 4 heteroatoms. The Morgan fingerprint density at radius 3 is 2.62 bits per heavy atom. The van der Waals surface area contributed by atoms with E-state index in [0.717, 1.165) is 13.1 Å². The van der Waals surface area contributed by atoms with Crippen LogP contribution in [0.4, 0.5) is 0 Å². The molecule has 94 valence electrons. The number of hydrogen-bond acceptors (Lipinski definition) is 3. The van der Waals surface area contributed by atoms with Crippen molar-refractivity contribution in [1.82, 2.24) is 9.80 Å². The maximum atomic E-state index is 11.1. The molecule has 1 heterocycles. The van der Waals surface area contributed by atoms with Gasteiger partial charge in [-0.2, -0.15) is 0 Å². The molecule has 1 aliphatic rings. The van der Waals surface area contributed by atoms with Crippen molar-refractivity contribution < 1.29 is 9.90 Å². The number of likely N-dealkylation sites (N-methyl/N-ethyl adjacent to an activating group) is 1. The van der Waals surface area contributed by atoms with Crippen molar-refractivity contribution in [3.8, 4) is 0 Å². The molecule has 0 bridgehead atoms. The molecule has 0 aliphatic carbocycles. The van der Waals surface area contributed by atoms with Crippen LogP contribution in [0, 0.1) is 5.41 Å². The lowest BCUT2D eigenvalue weighted by Crippen LogP contribution is -2.44.